The molecule has 3 aromatic rings. The highest BCUT2D eigenvalue weighted by molar-refractivity contribution is 6.09. The first-order valence-corrected chi connectivity index (χ1v) is 9.00. The molecule has 1 aliphatic heterocycles. The minimum atomic E-state index is -4.36. The predicted molar refractivity (Wildman–Crippen MR) is 98.5 cm³/mol. The molecule has 152 valence electrons. The van der Waals surface area contributed by atoms with Gasteiger partial charge in [-0.1, -0.05) is 6.07 Å². The number of alkyl halides is 3. The number of hydrogen-bond acceptors (Lipinski definition) is 4. The van der Waals surface area contributed by atoms with E-state index in [9.17, 15) is 22.4 Å². The summed E-state index contributed by atoms with van der Waals surface area (Å²) < 4.78 is 54.7. The molecular weight excluding hydrogens is 390 g/mol. The summed E-state index contributed by atoms with van der Waals surface area (Å²) in [6, 6.07) is 5.24. The van der Waals surface area contributed by atoms with E-state index in [4.69, 9.17) is 0 Å². The maximum atomic E-state index is 13.4. The second-order valence-corrected chi connectivity index (χ2v) is 6.87. The van der Waals surface area contributed by atoms with Gasteiger partial charge in [-0.05, 0) is 44.0 Å². The van der Waals surface area contributed by atoms with E-state index in [0.717, 1.165) is 6.07 Å². The minimum absolute atomic E-state index is 0.00155. The number of aryl methyl sites for hydroxylation is 1. The Kier molecular flexibility index (Phi) is 4.64. The normalized spacial score (nSPS) is 17.1. The van der Waals surface area contributed by atoms with Gasteiger partial charge in [0.05, 0.1) is 5.69 Å². The van der Waals surface area contributed by atoms with Crippen molar-refractivity contribution in [3.05, 3.63) is 53.6 Å². The number of anilines is 2. The van der Waals surface area contributed by atoms with Crippen molar-refractivity contribution < 1.29 is 22.4 Å². The quantitative estimate of drug-likeness (QED) is 0.668. The number of nitrogens with zero attached hydrogens (tertiary/aromatic N) is 4. The van der Waals surface area contributed by atoms with Gasteiger partial charge >= 0.3 is 6.18 Å². The van der Waals surface area contributed by atoms with Crippen molar-refractivity contribution in [2.45, 2.75) is 32.0 Å². The van der Waals surface area contributed by atoms with Gasteiger partial charge in [-0.25, -0.2) is 13.9 Å². The molecule has 0 bridgehead atoms. The fraction of sp³-hybridized carbons (Fsp3) is 0.316. The van der Waals surface area contributed by atoms with Gasteiger partial charge in [0.1, 0.15) is 23.2 Å². The summed E-state index contributed by atoms with van der Waals surface area (Å²) in [5.41, 5.74) is 0.875. The number of fused-ring (bicyclic) bond motifs is 1. The second kappa shape index (κ2) is 7.02. The van der Waals surface area contributed by atoms with Crippen LogP contribution in [0.5, 0.6) is 0 Å². The van der Waals surface area contributed by atoms with Crippen molar-refractivity contribution in [3.8, 4) is 0 Å². The number of carbonyl (C=O) groups is 1. The van der Waals surface area contributed by atoms with Crippen LogP contribution in [0.1, 0.15) is 28.9 Å². The zero-order valence-corrected chi connectivity index (χ0v) is 15.4. The Hall–Kier alpha value is -3.17. The maximum Gasteiger partial charge on any atom is 0.408 e. The molecule has 0 aliphatic carbocycles. The van der Waals surface area contributed by atoms with Gasteiger partial charge < -0.3 is 10.2 Å². The third-order valence-corrected chi connectivity index (χ3v) is 4.88. The highest BCUT2D eigenvalue weighted by atomic mass is 19.4. The lowest BCUT2D eigenvalue weighted by Crippen LogP contribution is -2.41. The number of carbonyl (C=O) groups excluding carboxylic acids is 1. The molecule has 0 unspecified atom stereocenters. The van der Waals surface area contributed by atoms with Gasteiger partial charge in [-0.2, -0.15) is 18.3 Å². The molecule has 1 fully saturated rings. The van der Waals surface area contributed by atoms with Crippen LogP contribution < -0.4 is 10.2 Å². The average Bonchev–Trinajstić information content (AvgIpc) is 3.24. The Balaban J connectivity index is 1.71. The largest absolute Gasteiger partial charge is 0.408 e. The van der Waals surface area contributed by atoms with E-state index < -0.39 is 23.9 Å². The predicted octanol–water partition coefficient (Wildman–Crippen LogP) is 3.96. The highest BCUT2D eigenvalue weighted by Crippen LogP contribution is 2.35. The standard InChI is InChI=1S/C19H17F4N5O/c1-11-16(18(29)24-13-5-2-4-12(20)10-13)17-25-15(7-9-28(17)26-11)27-8-3-6-14(27)19(21,22)23/h2,4-5,7,9-10,14H,3,6,8H2,1H3,(H,24,29)/t14-/m1/s1. The third kappa shape index (κ3) is 3.62. The molecule has 1 aliphatic rings. The molecule has 1 saturated heterocycles. The highest BCUT2D eigenvalue weighted by Gasteiger charge is 2.46. The van der Waals surface area contributed by atoms with Crippen LogP contribution >= 0.6 is 0 Å². The van der Waals surface area contributed by atoms with Gasteiger partial charge in [0, 0.05) is 18.4 Å². The van der Waals surface area contributed by atoms with Crippen LogP contribution in [0.4, 0.5) is 29.1 Å². The average molecular weight is 407 g/mol. The summed E-state index contributed by atoms with van der Waals surface area (Å²) in [5.74, 6) is -0.939. The summed E-state index contributed by atoms with van der Waals surface area (Å²) in [6.45, 7) is 1.83. The lowest BCUT2D eigenvalue weighted by Gasteiger charge is -2.27. The van der Waals surface area contributed by atoms with Crippen LogP contribution in [0.2, 0.25) is 0 Å². The van der Waals surface area contributed by atoms with Crippen molar-refractivity contribution in [1.82, 2.24) is 14.6 Å². The van der Waals surface area contributed by atoms with E-state index >= 15 is 0 Å². The molecule has 29 heavy (non-hydrogen) atoms. The van der Waals surface area contributed by atoms with Gasteiger partial charge in [0.15, 0.2) is 5.65 Å². The Bertz CT molecular complexity index is 1080. The minimum Gasteiger partial charge on any atom is -0.344 e. The zero-order chi connectivity index (χ0) is 20.8. The van der Waals surface area contributed by atoms with Gasteiger partial charge in [0.25, 0.3) is 5.91 Å². The third-order valence-electron chi connectivity index (χ3n) is 4.88. The second-order valence-electron chi connectivity index (χ2n) is 6.87. The summed E-state index contributed by atoms with van der Waals surface area (Å²) >= 11 is 0. The van der Waals surface area contributed by atoms with Crippen LogP contribution in [0.3, 0.4) is 0 Å². The fourth-order valence-corrected chi connectivity index (χ4v) is 3.60. The number of halogens is 4. The van der Waals surface area contributed by atoms with E-state index in [1.165, 1.54) is 39.9 Å². The van der Waals surface area contributed by atoms with Crippen LogP contribution in [0, 0.1) is 12.7 Å². The fourth-order valence-electron chi connectivity index (χ4n) is 3.60. The van der Waals surface area contributed by atoms with E-state index in [-0.39, 0.29) is 35.7 Å². The number of rotatable bonds is 3. The number of aromatic nitrogens is 3. The van der Waals surface area contributed by atoms with Gasteiger partial charge in [-0.3, -0.25) is 4.79 Å². The number of benzene rings is 1. The summed E-state index contributed by atoms with van der Waals surface area (Å²) in [5, 5.41) is 6.78. The van der Waals surface area contributed by atoms with Crippen LogP contribution in [0.25, 0.3) is 5.65 Å². The van der Waals surface area contributed by atoms with E-state index in [1.807, 2.05) is 0 Å². The van der Waals surface area contributed by atoms with Crippen molar-refractivity contribution in [3.63, 3.8) is 0 Å². The topological polar surface area (TPSA) is 62.5 Å². The molecule has 3 heterocycles. The first-order chi connectivity index (χ1) is 13.7. The van der Waals surface area contributed by atoms with Gasteiger partial charge in [-0.15, -0.1) is 0 Å². The number of amides is 1. The van der Waals surface area contributed by atoms with Crippen molar-refractivity contribution in [2.24, 2.45) is 0 Å². The Morgan fingerprint density at radius 2 is 2.07 bits per heavy atom. The smallest absolute Gasteiger partial charge is 0.344 e. The summed E-state index contributed by atoms with van der Waals surface area (Å²) in [7, 11) is 0. The van der Waals surface area contributed by atoms with E-state index in [2.05, 4.69) is 15.4 Å². The Morgan fingerprint density at radius 1 is 1.28 bits per heavy atom. The molecule has 1 atom stereocenters. The summed E-state index contributed by atoms with van der Waals surface area (Å²) in [4.78, 5) is 18.3. The van der Waals surface area contributed by atoms with Gasteiger partial charge in [0.2, 0.25) is 0 Å². The van der Waals surface area contributed by atoms with Crippen molar-refractivity contribution >= 4 is 23.1 Å². The SMILES string of the molecule is Cc1nn2ccc(N3CCC[C@@H]3C(F)(F)F)nc2c1C(=O)Nc1cccc(F)c1. The number of nitrogens with one attached hydrogen (secondary N) is 1. The molecule has 0 spiro atoms. The molecule has 4 rings (SSSR count). The Labute approximate surface area is 163 Å². The van der Waals surface area contributed by atoms with Crippen molar-refractivity contribution in [2.75, 3.05) is 16.8 Å². The first-order valence-electron chi connectivity index (χ1n) is 9.00. The Morgan fingerprint density at radius 3 is 2.79 bits per heavy atom. The number of hydrogen-bond donors (Lipinski definition) is 1. The summed E-state index contributed by atoms with van der Waals surface area (Å²) in [6.07, 6.45) is -2.47. The zero-order valence-electron chi connectivity index (χ0n) is 15.4. The molecule has 1 aromatic carbocycles. The molecule has 0 radical (unpaired) electrons. The molecule has 2 aromatic heterocycles. The lowest BCUT2D eigenvalue weighted by atomic mass is 10.2. The van der Waals surface area contributed by atoms with E-state index in [0.29, 0.717) is 12.1 Å². The molecule has 6 nitrogen and oxygen atoms in total. The first kappa shape index (κ1) is 19.2. The maximum absolute atomic E-state index is 13.4. The van der Waals surface area contributed by atoms with Crippen LogP contribution in [-0.2, 0) is 0 Å². The van der Waals surface area contributed by atoms with Crippen LogP contribution in [0.15, 0.2) is 36.5 Å². The molecule has 0 saturated carbocycles. The molecule has 1 N–H and O–H groups in total. The van der Waals surface area contributed by atoms with Crippen molar-refractivity contribution in [1.29, 1.82) is 0 Å². The van der Waals surface area contributed by atoms with Crippen LogP contribution in [-0.4, -0.2) is 39.3 Å². The lowest BCUT2D eigenvalue weighted by molar-refractivity contribution is -0.146. The molecular formula is C19H17F4N5O. The van der Waals surface area contributed by atoms with E-state index in [1.54, 1.807) is 6.92 Å². The monoisotopic (exact) mass is 407 g/mol. The molecule has 10 heteroatoms. The molecule has 1 amide bonds.